The molecule has 0 aliphatic heterocycles. The van der Waals surface area contributed by atoms with Gasteiger partial charge in [0.25, 0.3) is 10.0 Å². The van der Waals surface area contributed by atoms with E-state index < -0.39 is 16.1 Å². The molecule has 0 saturated heterocycles. The number of rotatable bonds is 6. The first-order valence-electron chi connectivity index (χ1n) is 6.18. The van der Waals surface area contributed by atoms with Crippen molar-refractivity contribution in [2.75, 3.05) is 6.61 Å². The van der Waals surface area contributed by atoms with Crippen LogP contribution in [0, 0.1) is 0 Å². The Bertz CT molecular complexity index is 653. The maximum Gasteiger partial charge on any atom is 0.258 e. The van der Waals surface area contributed by atoms with Crippen molar-refractivity contribution in [3.8, 4) is 0 Å². The minimum atomic E-state index is -3.69. The third-order valence-corrected chi connectivity index (χ3v) is 4.51. The van der Waals surface area contributed by atoms with E-state index in [1.165, 1.54) is 16.9 Å². The van der Waals surface area contributed by atoms with E-state index in [0.29, 0.717) is 6.42 Å². The van der Waals surface area contributed by atoms with Gasteiger partial charge in [0.1, 0.15) is 0 Å². The Balaban J connectivity index is 2.12. The van der Waals surface area contributed by atoms with Gasteiger partial charge in [-0.05, 0) is 18.1 Å². The lowest BCUT2D eigenvalue weighted by Gasteiger charge is -2.16. The highest BCUT2D eigenvalue weighted by Gasteiger charge is 2.22. The fourth-order valence-corrected chi connectivity index (χ4v) is 3.30. The SMILES string of the molecule is Cn1nccc1S(=O)(=O)N[C@@H](CO)Cc1ccccc1. The number of benzene rings is 1. The molecule has 2 rings (SSSR count). The van der Waals surface area contributed by atoms with Gasteiger partial charge in [-0.3, -0.25) is 4.68 Å². The fourth-order valence-electron chi connectivity index (χ4n) is 1.95. The Hall–Kier alpha value is -1.70. The van der Waals surface area contributed by atoms with E-state index in [2.05, 4.69) is 9.82 Å². The van der Waals surface area contributed by atoms with E-state index in [1.54, 1.807) is 7.05 Å². The number of aromatic nitrogens is 2. The van der Waals surface area contributed by atoms with E-state index in [4.69, 9.17) is 0 Å². The second-order valence-electron chi connectivity index (χ2n) is 4.48. The Morgan fingerprint density at radius 3 is 2.55 bits per heavy atom. The Kier molecular flexibility index (Phi) is 4.53. The second-order valence-corrected chi connectivity index (χ2v) is 6.14. The van der Waals surface area contributed by atoms with Crippen molar-refractivity contribution in [1.82, 2.24) is 14.5 Å². The van der Waals surface area contributed by atoms with Crippen molar-refractivity contribution in [2.24, 2.45) is 7.05 Å². The van der Waals surface area contributed by atoms with Crippen molar-refractivity contribution in [3.63, 3.8) is 0 Å². The fraction of sp³-hybridized carbons (Fsp3) is 0.308. The Morgan fingerprint density at radius 2 is 2.00 bits per heavy atom. The van der Waals surface area contributed by atoms with Gasteiger partial charge in [-0.1, -0.05) is 30.3 Å². The van der Waals surface area contributed by atoms with E-state index >= 15 is 0 Å². The Morgan fingerprint density at radius 1 is 1.30 bits per heavy atom. The molecule has 0 amide bonds. The zero-order valence-corrected chi connectivity index (χ0v) is 11.9. The summed E-state index contributed by atoms with van der Waals surface area (Å²) < 4.78 is 28.2. The maximum absolute atomic E-state index is 12.2. The van der Waals surface area contributed by atoms with E-state index in [0.717, 1.165) is 5.56 Å². The molecule has 0 aliphatic rings. The zero-order valence-electron chi connectivity index (χ0n) is 11.1. The number of hydrogen-bond donors (Lipinski definition) is 2. The van der Waals surface area contributed by atoms with Crippen LogP contribution in [-0.4, -0.2) is 36.0 Å². The highest BCUT2D eigenvalue weighted by atomic mass is 32.2. The van der Waals surface area contributed by atoms with Crippen molar-refractivity contribution < 1.29 is 13.5 Å². The van der Waals surface area contributed by atoms with Crippen LogP contribution in [0.4, 0.5) is 0 Å². The molecule has 20 heavy (non-hydrogen) atoms. The van der Waals surface area contributed by atoms with Crippen LogP contribution in [0.3, 0.4) is 0 Å². The van der Waals surface area contributed by atoms with E-state index in [9.17, 15) is 13.5 Å². The lowest BCUT2D eigenvalue weighted by atomic mass is 10.1. The van der Waals surface area contributed by atoms with Gasteiger partial charge < -0.3 is 5.11 Å². The summed E-state index contributed by atoms with van der Waals surface area (Å²) in [6, 6.07) is 10.3. The third kappa shape index (κ3) is 3.44. The standard InChI is InChI=1S/C13H17N3O3S/c1-16-13(7-8-14-16)20(18,19)15-12(10-17)9-11-5-3-2-4-6-11/h2-8,12,15,17H,9-10H2,1H3/t12-/m1/s1. The average Bonchev–Trinajstić information content (AvgIpc) is 2.86. The molecule has 0 spiro atoms. The van der Waals surface area contributed by atoms with Crippen molar-refractivity contribution in [3.05, 3.63) is 48.2 Å². The first kappa shape index (κ1) is 14.7. The van der Waals surface area contributed by atoms with Gasteiger partial charge in [0.15, 0.2) is 5.03 Å². The van der Waals surface area contributed by atoms with Crippen LogP contribution in [0.2, 0.25) is 0 Å². The van der Waals surface area contributed by atoms with E-state index in [-0.39, 0.29) is 11.6 Å². The molecule has 1 aromatic carbocycles. The topological polar surface area (TPSA) is 84.2 Å². The summed E-state index contributed by atoms with van der Waals surface area (Å²) >= 11 is 0. The molecule has 0 saturated carbocycles. The molecule has 2 N–H and O–H groups in total. The number of hydrogen-bond acceptors (Lipinski definition) is 4. The quantitative estimate of drug-likeness (QED) is 0.803. The number of aliphatic hydroxyl groups excluding tert-OH is 1. The van der Waals surface area contributed by atoms with Crippen molar-refractivity contribution >= 4 is 10.0 Å². The molecule has 7 heteroatoms. The monoisotopic (exact) mass is 295 g/mol. The van der Waals surface area contributed by atoms with Gasteiger partial charge in [-0.25, -0.2) is 13.1 Å². The molecule has 1 atom stereocenters. The first-order valence-corrected chi connectivity index (χ1v) is 7.66. The maximum atomic E-state index is 12.2. The van der Waals surface area contributed by atoms with Crippen LogP contribution >= 0.6 is 0 Å². The molecule has 0 unspecified atom stereocenters. The third-order valence-electron chi connectivity index (χ3n) is 2.92. The summed E-state index contributed by atoms with van der Waals surface area (Å²) in [4.78, 5) is 0. The van der Waals surface area contributed by atoms with Crippen LogP contribution in [0.15, 0.2) is 47.6 Å². The summed E-state index contributed by atoms with van der Waals surface area (Å²) in [6.07, 6.45) is 1.84. The van der Waals surface area contributed by atoms with Gasteiger partial charge in [0, 0.05) is 13.1 Å². The number of nitrogens with zero attached hydrogens (tertiary/aromatic N) is 2. The molecular weight excluding hydrogens is 278 g/mol. The largest absolute Gasteiger partial charge is 0.395 e. The number of aliphatic hydroxyl groups is 1. The summed E-state index contributed by atoms with van der Waals surface area (Å²) in [7, 11) is -2.13. The lowest BCUT2D eigenvalue weighted by molar-refractivity contribution is 0.256. The van der Waals surface area contributed by atoms with Crippen LogP contribution in [0.1, 0.15) is 5.56 Å². The van der Waals surface area contributed by atoms with Gasteiger partial charge in [-0.15, -0.1) is 0 Å². The number of aryl methyl sites for hydroxylation is 1. The van der Waals surface area contributed by atoms with Crippen LogP contribution < -0.4 is 4.72 Å². The predicted octanol–water partition coefficient (Wildman–Crippen LogP) is 0.302. The molecule has 0 aliphatic carbocycles. The average molecular weight is 295 g/mol. The van der Waals surface area contributed by atoms with Crippen molar-refractivity contribution in [2.45, 2.75) is 17.5 Å². The lowest BCUT2D eigenvalue weighted by Crippen LogP contribution is -2.39. The van der Waals surface area contributed by atoms with Crippen molar-refractivity contribution in [1.29, 1.82) is 0 Å². The molecule has 108 valence electrons. The van der Waals surface area contributed by atoms with Crippen LogP contribution in [0.25, 0.3) is 0 Å². The number of nitrogens with one attached hydrogen (secondary N) is 1. The van der Waals surface area contributed by atoms with Crippen LogP contribution in [-0.2, 0) is 23.5 Å². The van der Waals surface area contributed by atoms with Gasteiger partial charge in [-0.2, -0.15) is 5.10 Å². The Labute approximate surface area is 118 Å². The molecule has 6 nitrogen and oxygen atoms in total. The highest BCUT2D eigenvalue weighted by molar-refractivity contribution is 7.89. The molecule has 1 aromatic heterocycles. The normalized spacial score (nSPS) is 13.3. The second kappa shape index (κ2) is 6.17. The highest BCUT2D eigenvalue weighted by Crippen LogP contribution is 2.09. The molecule has 0 bridgehead atoms. The smallest absolute Gasteiger partial charge is 0.258 e. The van der Waals surface area contributed by atoms with E-state index in [1.807, 2.05) is 30.3 Å². The van der Waals surface area contributed by atoms with Gasteiger partial charge in [0.2, 0.25) is 0 Å². The zero-order chi connectivity index (χ0) is 14.6. The van der Waals surface area contributed by atoms with Crippen LogP contribution in [0.5, 0.6) is 0 Å². The molecule has 1 heterocycles. The minimum absolute atomic E-state index is 0.0732. The summed E-state index contributed by atoms with van der Waals surface area (Å²) in [6.45, 7) is -0.272. The molecule has 0 radical (unpaired) electrons. The summed E-state index contributed by atoms with van der Waals surface area (Å²) in [5.41, 5.74) is 0.958. The predicted molar refractivity (Wildman–Crippen MR) is 74.5 cm³/mol. The summed E-state index contributed by atoms with van der Waals surface area (Å²) in [5, 5.41) is 13.3. The molecule has 0 fully saturated rings. The molecular formula is C13H17N3O3S. The first-order chi connectivity index (χ1) is 9.53. The molecule has 2 aromatic rings. The summed E-state index contributed by atoms with van der Waals surface area (Å²) in [5.74, 6) is 0. The minimum Gasteiger partial charge on any atom is -0.395 e. The number of sulfonamides is 1. The van der Waals surface area contributed by atoms with Gasteiger partial charge >= 0.3 is 0 Å². The van der Waals surface area contributed by atoms with Gasteiger partial charge in [0.05, 0.1) is 12.8 Å².